The van der Waals surface area contributed by atoms with Gasteiger partial charge < -0.3 is 20.4 Å². The van der Waals surface area contributed by atoms with Crippen LogP contribution >= 0.6 is 0 Å². The Bertz CT molecular complexity index is 532. The van der Waals surface area contributed by atoms with E-state index in [1.807, 2.05) is 0 Å². The van der Waals surface area contributed by atoms with Gasteiger partial charge in [-0.15, -0.1) is 0 Å². The molecule has 8 nitrogen and oxygen atoms in total. The first-order valence-electron chi connectivity index (χ1n) is 8.13. The fraction of sp³-hybridized carbons (Fsp3) is 0.750. The highest BCUT2D eigenvalue weighted by Gasteiger charge is 2.73. The summed E-state index contributed by atoms with van der Waals surface area (Å²) in [4.78, 5) is 47.2. The van der Waals surface area contributed by atoms with Gasteiger partial charge in [0.15, 0.2) is 10.8 Å². The van der Waals surface area contributed by atoms with Crippen molar-refractivity contribution in [3.05, 3.63) is 0 Å². The number of carboxylic acid groups (broad SMARTS) is 4. The van der Waals surface area contributed by atoms with Gasteiger partial charge in [-0.2, -0.15) is 0 Å². The summed E-state index contributed by atoms with van der Waals surface area (Å²) in [6.07, 6.45) is 3.96. The maximum Gasteiger partial charge on any atom is 0.322 e. The van der Waals surface area contributed by atoms with E-state index in [0.717, 1.165) is 32.1 Å². The zero-order chi connectivity index (χ0) is 18.1. The second kappa shape index (κ2) is 6.41. The van der Waals surface area contributed by atoms with E-state index in [9.17, 15) is 39.6 Å². The normalized spacial score (nSPS) is 26.4. The van der Waals surface area contributed by atoms with Crippen molar-refractivity contribution in [2.45, 2.75) is 51.4 Å². The van der Waals surface area contributed by atoms with E-state index < -0.39 is 47.5 Å². The molecule has 4 N–H and O–H groups in total. The number of carbonyl (C=O) groups is 4. The molecule has 0 aromatic heterocycles. The van der Waals surface area contributed by atoms with Crippen molar-refractivity contribution < 1.29 is 39.6 Å². The van der Waals surface area contributed by atoms with Gasteiger partial charge in [0.2, 0.25) is 0 Å². The van der Waals surface area contributed by atoms with Crippen LogP contribution in [0.15, 0.2) is 0 Å². The van der Waals surface area contributed by atoms with E-state index in [1.165, 1.54) is 0 Å². The molecule has 0 aromatic carbocycles. The Hall–Kier alpha value is -2.12. The molecule has 0 heterocycles. The van der Waals surface area contributed by atoms with Crippen LogP contribution in [0.3, 0.4) is 0 Å². The smallest absolute Gasteiger partial charge is 0.322 e. The molecule has 1 unspecified atom stereocenters. The topological polar surface area (TPSA) is 149 Å². The Labute approximate surface area is 138 Å². The van der Waals surface area contributed by atoms with Crippen LogP contribution in [-0.4, -0.2) is 44.3 Å². The Morgan fingerprint density at radius 3 is 1.50 bits per heavy atom. The molecule has 2 aliphatic rings. The van der Waals surface area contributed by atoms with Crippen molar-refractivity contribution >= 4 is 23.9 Å². The number of rotatable bonds is 5. The zero-order valence-corrected chi connectivity index (χ0v) is 13.2. The molecular formula is C16H22O8. The van der Waals surface area contributed by atoms with Crippen LogP contribution in [-0.2, 0) is 19.2 Å². The van der Waals surface area contributed by atoms with Crippen LogP contribution in [0, 0.1) is 22.7 Å². The second-order valence-corrected chi connectivity index (χ2v) is 6.93. The molecule has 0 aliphatic heterocycles. The lowest BCUT2D eigenvalue weighted by molar-refractivity contribution is -0.203. The van der Waals surface area contributed by atoms with Crippen molar-refractivity contribution in [2.24, 2.45) is 22.7 Å². The highest BCUT2D eigenvalue weighted by atomic mass is 16.4. The quantitative estimate of drug-likeness (QED) is 0.551. The lowest BCUT2D eigenvalue weighted by Gasteiger charge is -2.47. The Morgan fingerprint density at radius 1 is 0.625 bits per heavy atom. The number of carboxylic acids is 4. The number of aliphatic carboxylic acids is 4. The predicted octanol–water partition coefficient (Wildman–Crippen LogP) is 1.68. The monoisotopic (exact) mass is 342 g/mol. The van der Waals surface area contributed by atoms with E-state index in [2.05, 4.69) is 0 Å². The third-order valence-electron chi connectivity index (χ3n) is 5.96. The van der Waals surface area contributed by atoms with Crippen molar-refractivity contribution in [3.63, 3.8) is 0 Å². The molecule has 0 amide bonds. The average molecular weight is 342 g/mol. The lowest BCUT2D eigenvalue weighted by atomic mass is 9.51. The van der Waals surface area contributed by atoms with Gasteiger partial charge in [0.25, 0.3) is 0 Å². The van der Waals surface area contributed by atoms with E-state index in [1.54, 1.807) is 0 Å². The SMILES string of the molecule is O=C(O)C1(C(=O)O)CCC(C2CCCCC2)CC1(C(=O)O)C(=O)O. The van der Waals surface area contributed by atoms with Gasteiger partial charge in [0.05, 0.1) is 0 Å². The lowest BCUT2D eigenvalue weighted by Crippen LogP contribution is -2.64. The van der Waals surface area contributed by atoms with Gasteiger partial charge in [0.1, 0.15) is 0 Å². The second-order valence-electron chi connectivity index (χ2n) is 6.93. The minimum atomic E-state index is -2.86. The molecule has 0 saturated heterocycles. The van der Waals surface area contributed by atoms with Crippen molar-refractivity contribution in [1.29, 1.82) is 0 Å². The van der Waals surface area contributed by atoms with Crippen molar-refractivity contribution in [2.75, 3.05) is 0 Å². The first-order valence-corrected chi connectivity index (χ1v) is 8.13. The van der Waals surface area contributed by atoms with E-state index >= 15 is 0 Å². The molecule has 0 bridgehead atoms. The molecular weight excluding hydrogens is 320 g/mol. The third-order valence-corrected chi connectivity index (χ3v) is 5.96. The molecule has 2 fully saturated rings. The molecule has 2 aliphatic carbocycles. The summed E-state index contributed by atoms with van der Waals surface area (Å²) in [7, 11) is 0. The standard InChI is InChI=1S/C16H22O8/c17-11(18)15(12(19)20)7-6-10(9-4-2-1-3-5-9)8-16(15,13(21)22)14(23)24/h9-10H,1-8H2,(H,17,18)(H,19,20)(H,21,22)(H,23,24). The van der Waals surface area contributed by atoms with Gasteiger partial charge in [-0.1, -0.05) is 32.1 Å². The molecule has 0 spiro atoms. The van der Waals surface area contributed by atoms with Gasteiger partial charge in [-0.05, 0) is 31.1 Å². The van der Waals surface area contributed by atoms with Crippen LogP contribution in [0.2, 0.25) is 0 Å². The van der Waals surface area contributed by atoms with Gasteiger partial charge in [-0.25, -0.2) is 0 Å². The molecule has 0 radical (unpaired) electrons. The molecule has 24 heavy (non-hydrogen) atoms. The summed E-state index contributed by atoms with van der Waals surface area (Å²) in [5.41, 5.74) is -5.71. The van der Waals surface area contributed by atoms with E-state index in [4.69, 9.17) is 0 Å². The largest absolute Gasteiger partial charge is 0.480 e. The summed E-state index contributed by atoms with van der Waals surface area (Å²) in [6, 6.07) is 0. The van der Waals surface area contributed by atoms with Crippen molar-refractivity contribution in [1.82, 2.24) is 0 Å². The number of hydrogen-bond donors (Lipinski definition) is 4. The maximum atomic E-state index is 11.9. The maximum absolute atomic E-state index is 11.9. The molecule has 0 aromatic rings. The first kappa shape index (κ1) is 18.2. The van der Waals surface area contributed by atoms with Gasteiger partial charge in [0, 0.05) is 0 Å². The Morgan fingerprint density at radius 2 is 1.08 bits per heavy atom. The van der Waals surface area contributed by atoms with Crippen LogP contribution in [0.1, 0.15) is 51.4 Å². The zero-order valence-electron chi connectivity index (χ0n) is 13.2. The van der Waals surface area contributed by atoms with Crippen LogP contribution in [0.4, 0.5) is 0 Å². The van der Waals surface area contributed by atoms with E-state index in [-0.39, 0.29) is 18.3 Å². The average Bonchev–Trinajstić information content (AvgIpc) is 2.53. The third kappa shape index (κ3) is 2.44. The Balaban J connectivity index is 2.52. The van der Waals surface area contributed by atoms with Crippen LogP contribution in [0.25, 0.3) is 0 Å². The van der Waals surface area contributed by atoms with Crippen molar-refractivity contribution in [3.8, 4) is 0 Å². The fourth-order valence-corrected chi connectivity index (χ4v) is 4.59. The predicted molar refractivity (Wildman–Crippen MR) is 79.3 cm³/mol. The highest BCUT2D eigenvalue weighted by molar-refractivity contribution is 6.13. The minimum absolute atomic E-state index is 0.123. The first-order chi connectivity index (χ1) is 11.2. The highest BCUT2D eigenvalue weighted by Crippen LogP contribution is 2.56. The summed E-state index contributed by atoms with van der Waals surface area (Å²) < 4.78 is 0. The van der Waals surface area contributed by atoms with Gasteiger partial charge in [-0.3, -0.25) is 19.2 Å². The molecule has 2 saturated carbocycles. The summed E-state index contributed by atoms with van der Waals surface area (Å²) in [5, 5.41) is 38.2. The van der Waals surface area contributed by atoms with Crippen LogP contribution in [0.5, 0.6) is 0 Å². The van der Waals surface area contributed by atoms with E-state index in [0.29, 0.717) is 0 Å². The molecule has 134 valence electrons. The summed E-state index contributed by atoms with van der Waals surface area (Å²) in [6.45, 7) is 0. The molecule has 2 rings (SSSR count). The Kier molecular flexibility index (Phi) is 4.87. The molecule has 8 heteroatoms. The van der Waals surface area contributed by atoms with Gasteiger partial charge >= 0.3 is 23.9 Å². The summed E-state index contributed by atoms with van der Waals surface area (Å²) >= 11 is 0. The fourth-order valence-electron chi connectivity index (χ4n) is 4.59. The number of hydrogen-bond acceptors (Lipinski definition) is 4. The summed E-state index contributed by atoms with van der Waals surface area (Å²) in [5.74, 6) is -7.74. The van der Waals surface area contributed by atoms with Crippen LogP contribution < -0.4 is 0 Å². The minimum Gasteiger partial charge on any atom is -0.480 e. The molecule has 1 atom stereocenters.